The van der Waals surface area contributed by atoms with Gasteiger partial charge in [0, 0.05) is 24.3 Å². The molecule has 2 N–H and O–H groups in total. The Balaban J connectivity index is 1.66. The number of aromatic nitrogens is 2. The Morgan fingerprint density at radius 3 is 3.15 bits per heavy atom. The molecule has 1 fully saturated rings. The summed E-state index contributed by atoms with van der Waals surface area (Å²) >= 11 is 0. The maximum Gasteiger partial charge on any atom is 0.0532 e. The van der Waals surface area contributed by atoms with Gasteiger partial charge in [-0.05, 0) is 19.3 Å². The number of nitrogens with one attached hydrogen (secondary N) is 2. The molecule has 1 aliphatic rings. The third-order valence-electron chi connectivity index (χ3n) is 2.59. The zero-order valence-corrected chi connectivity index (χ0v) is 8.09. The fourth-order valence-electron chi connectivity index (χ4n) is 1.60. The highest BCUT2D eigenvalue weighted by Crippen LogP contribution is 2.33. The average molecular weight is 179 g/mol. The van der Waals surface area contributed by atoms with Crippen molar-refractivity contribution in [1.82, 2.24) is 15.5 Å². The quantitative estimate of drug-likeness (QED) is 0.722. The van der Waals surface area contributed by atoms with Gasteiger partial charge in [0.05, 0.1) is 6.20 Å². The fourth-order valence-corrected chi connectivity index (χ4v) is 1.60. The van der Waals surface area contributed by atoms with Gasteiger partial charge < -0.3 is 5.32 Å². The second-order valence-corrected chi connectivity index (χ2v) is 4.07. The molecule has 13 heavy (non-hydrogen) atoms. The van der Waals surface area contributed by atoms with Crippen molar-refractivity contribution in [3.63, 3.8) is 0 Å². The summed E-state index contributed by atoms with van der Waals surface area (Å²) in [5, 5.41) is 10.2. The molecule has 1 aromatic rings. The van der Waals surface area contributed by atoms with Crippen LogP contribution in [0.4, 0.5) is 0 Å². The molecule has 0 aromatic carbocycles. The van der Waals surface area contributed by atoms with Crippen molar-refractivity contribution in [2.45, 2.75) is 38.8 Å². The standard InChI is InChI=1S/C10H17N3/c1-8(4-9-2-3-9)11-5-10-6-12-13-7-10/h6-9,11H,2-5H2,1H3,(H,12,13). The summed E-state index contributed by atoms with van der Waals surface area (Å²) in [7, 11) is 0. The molecule has 0 radical (unpaired) electrons. The smallest absolute Gasteiger partial charge is 0.0532 e. The Morgan fingerprint density at radius 1 is 1.69 bits per heavy atom. The predicted molar refractivity (Wildman–Crippen MR) is 52.2 cm³/mol. The van der Waals surface area contributed by atoms with Gasteiger partial charge >= 0.3 is 0 Å². The molecule has 1 aliphatic carbocycles. The van der Waals surface area contributed by atoms with Crippen molar-refractivity contribution < 1.29 is 0 Å². The van der Waals surface area contributed by atoms with E-state index in [1.54, 1.807) is 0 Å². The molecule has 0 saturated heterocycles. The van der Waals surface area contributed by atoms with Crippen molar-refractivity contribution in [2.75, 3.05) is 0 Å². The third kappa shape index (κ3) is 2.84. The molecule has 1 saturated carbocycles. The number of H-pyrrole nitrogens is 1. The summed E-state index contributed by atoms with van der Waals surface area (Å²) in [5.41, 5.74) is 1.24. The van der Waals surface area contributed by atoms with Crippen LogP contribution in [-0.2, 0) is 6.54 Å². The molecular weight excluding hydrogens is 162 g/mol. The first-order chi connectivity index (χ1) is 6.34. The second kappa shape index (κ2) is 3.92. The van der Waals surface area contributed by atoms with Crippen molar-refractivity contribution in [2.24, 2.45) is 5.92 Å². The summed E-state index contributed by atoms with van der Waals surface area (Å²) in [6.45, 7) is 3.20. The van der Waals surface area contributed by atoms with Crippen LogP contribution in [0.25, 0.3) is 0 Å². The first-order valence-electron chi connectivity index (χ1n) is 5.05. The highest BCUT2D eigenvalue weighted by atomic mass is 15.1. The van der Waals surface area contributed by atoms with Crippen LogP contribution in [0, 0.1) is 5.92 Å². The zero-order valence-electron chi connectivity index (χ0n) is 8.09. The molecule has 2 rings (SSSR count). The highest BCUT2D eigenvalue weighted by Gasteiger charge is 2.23. The van der Waals surface area contributed by atoms with Crippen LogP contribution < -0.4 is 5.32 Å². The number of aromatic amines is 1. The Kier molecular flexibility index (Phi) is 2.64. The molecule has 1 unspecified atom stereocenters. The number of rotatable bonds is 5. The second-order valence-electron chi connectivity index (χ2n) is 4.07. The van der Waals surface area contributed by atoms with E-state index in [0.29, 0.717) is 6.04 Å². The topological polar surface area (TPSA) is 40.7 Å². The minimum Gasteiger partial charge on any atom is -0.310 e. The largest absolute Gasteiger partial charge is 0.310 e. The molecule has 0 bridgehead atoms. The van der Waals surface area contributed by atoms with Crippen molar-refractivity contribution in [1.29, 1.82) is 0 Å². The monoisotopic (exact) mass is 179 g/mol. The van der Waals surface area contributed by atoms with Crippen LogP contribution in [0.5, 0.6) is 0 Å². The molecule has 3 nitrogen and oxygen atoms in total. The van der Waals surface area contributed by atoms with Crippen molar-refractivity contribution >= 4 is 0 Å². The number of hydrogen-bond donors (Lipinski definition) is 2. The maximum atomic E-state index is 3.91. The lowest BCUT2D eigenvalue weighted by molar-refractivity contribution is 0.487. The van der Waals surface area contributed by atoms with Crippen LogP contribution in [0.1, 0.15) is 31.7 Å². The lowest BCUT2D eigenvalue weighted by atomic mass is 10.1. The summed E-state index contributed by atoms with van der Waals surface area (Å²) < 4.78 is 0. The zero-order chi connectivity index (χ0) is 9.10. The molecule has 0 aliphatic heterocycles. The van der Waals surface area contributed by atoms with Gasteiger partial charge in [-0.2, -0.15) is 5.10 Å². The summed E-state index contributed by atoms with van der Waals surface area (Å²) in [6.07, 6.45) is 8.03. The van der Waals surface area contributed by atoms with Gasteiger partial charge in [0.2, 0.25) is 0 Å². The van der Waals surface area contributed by atoms with E-state index in [1.807, 2.05) is 12.4 Å². The van der Waals surface area contributed by atoms with Crippen molar-refractivity contribution in [3.8, 4) is 0 Å². The first-order valence-corrected chi connectivity index (χ1v) is 5.05. The van der Waals surface area contributed by atoms with Gasteiger partial charge in [-0.15, -0.1) is 0 Å². The lowest BCUT2D eigenvalue weighted by Crippen LogP contribution is -2.25. The van der Waals surface area contributed by atoms with E-state index in [-0.39, 0.29) is 0 Å². The predicted octanol–water partition coefficient (Wildman–Crippen LogP) is 1.69. The van der Waals surface area contributed by atoms with Gasteiger partial charge in [0.25, 0.3) is 0 Å². The van der Waals surface area contributed by atoms with Crippen LogP contribution in [0.3, 0.4) is 0 Å². The molecular formula is C10H17N3. The fraction of sp³-hybridized carbons (Fsp3) is 0.700. The van der Waals surface area contributed by atoms with Gasteiger partial charge in [0.15, 0.2) is 0 Å². The van der Waals surface area contributed by atoms with Gasteiger partial charge in [0.1, 0.15) is 0 Å². The Hall–Kier alpha value is -0.830. The van der Waals surface area contributed by atoms with Crippen LogP contribution in [0.2, 0.25) is 0 Å². The normalized spacial score (nSPS) is 18.8. The van der Waals surface area contributed by atoms with Crippen LogP contribution >= 0.6 is 0 Å². The third-order valence-corrected chi connectivity index (χ3v) is 2.59. The lowest BCUT2D eigenvalue weighted by Gasteiger charge is -2.11. The minimum atomic E-state index is 0.641. The van der Waals surface area contributed by atoms with E-state index >= 15 is 0 Å². The number of hydrogen-bond acceptors (Lipinski definition) is 2. The van der Waals surface area contributed by atoms with Gasteiger partial charge in [-0.3, -0.25) is 5.10 Å². The van der Waals surface area contributed by atoms with E-state index < -0.39 is 0 Å². The van der Waals surface area contributed by atoms with E-state index in [1.165, 1.54) is 24.8 Å². The molecule has 72 valence electrons. The first kappa shape index (κ1) is 8.75. The van der Waals surface area contributed by atoms with E-state index in [0.717, 1.165) is 12.5 Å². The van der Waals surface area contributed by atoms with E-state index in [2.05, 4.69) is 22.4 Å². The Labute approximate surface area is 78.9 Å². The van der Waals surface area contributed by atoms with Crippen LogP contribution in [0.15, 0.2) is 12.4 Å². The van der Waals surface area contributed by atoms with Gasteiger partial charge in [-0.1, -0.05) is 12.8 Å². The maximum absolute atomic E-state index is 3.91. The molecule has 0 amide bonds. The van der Waals surface area contributed by atoms with Gasteiger partial charge in [-0.25, -0.2) is 0 Å². The highest BCUT2D eigenvalue weighted by molar-refractivity contribution is 5.01. The molecule has 0 spiro atoms. The Morgan fingerprint density at radius 2 is 2.54 bits per heavy atom. The minimum absolute atomic E-state index is 0.641. The van der Waals surface area contributed by atoms with E-state index in [4.69, 9.17) is 0 Å². The van der Waals surface area contributed by atoms with Crippen molar-refractivity contribution in [3.05, 3.63) is 18.0 Å². The average Bonchev–Trinajstić information content (AvgIpc) is 2.78. The molecule has 1 atom stereocenters. The van der Waals surface area contributed by atoms with E-state index in [9.17, 15) is 0 Å². The summed E-state index contributed by atoms with van der Waals surface area (Å²) in [6, 6.07) is 0.641. The molecule has 1 heterocycles. The summed E-state index contributed by atoms with van der Waals surface area (Å²) in [4.78, 5) is 0. The SMILES string of the molecule is CC(CC1CC1)NCc1cn[nH]c1. The number of nitrogens with zero attached hydrogens (tertiary/aromatic N) is 1. The molecule has 1 aromatic heterocycles. The summed E-state index contributed by atoms with van der Waals surface area (Å²) in [5.74, 6) is 1.01. The Bertz CT molecular complexity index is 239. The van der Waals surface area contributed by atoms with Crippen LogP contribution in [-0.4, -0.2) is 16.2 Å². The molecule has 3 heteroatoms.